The van der Waals surface area contributed by atoms with Gasteiger partial charge in [-0.2, -0.15) is 10.5 Å². The molecule has 1 atom stereocenters. The van der Waals surface area contributed by atoms with Crippen LogP contribution in [-0.4, -0.2) is 0 Å². The molecule has 12 heteroatoms. The molecule has 0 aliphatic heterocycles. The number of fused-ring (bicyclic) bond motifs is 22. The summed E-state index contributed by atoms with van der Waals surface area (Å²) in [6.45, 7) is 0. The first-order chi connectivity index (χ1) is 67.2. The molecule has 0 spiro atoms. The van der Waals surface area contributed by atoms with Crippen molar-refractivity contribution in [3.8, 4) is 45.5 Å². The van der Waals surface area contributed by atoms with E-state index < -0.39 is 16.6 Å². The number of halogens is 2. The zero-order chi connectivity index (χ0) is 90.4. The molecule has 0 bridgehead atoms. The first kappa shape index (κ1) is 78.7. The predicted molar refractivity (Wildman–Crippen MR) is 544 cm³/mol. The summed E-state index contributed by atoms with van der Waals surface area (Å²) in [6.07, 6.45) is 0. The zero-order valence-electron chi connectivity index (χ0n) is 72.8. The van der Waals surface area contributed by atoms with Crippen molar-refractivity contribution in [2.75, 3.05) is 19.6 Å². The molecule has 638 valence electrons. The highest BCUT2D eigenvalue weighted by molar-refractivity contribution is 6.29. The lowest BCUT2D eigenvalue weighted by molar-refractivity contribution is 0.627. The molecule has 4 heterocycles. The van der Waals surface area contributed by atoms with Gasteiger partial charge in [0.25, 0.3) is 0 Å². The Labute approximate surface area is 780 Å². The van der Waals surface area contributed by atoms with E-state index in [1.165, 1.54) is 12.1 Å². The van der Waals surface area contributed by atoms with Gasteiger partial charge in [-0.05, 0) is 219 Å². The summed E-state index contributed by atoms with van der Waals surface area (Å²) in [7, 11) is 0. The van der Waals surface area contributed by atoms with E-state index in [4.69, 9.17) is 17.7 Å². The maximum Gasteiger partial charge on any atom is 0.160 e. The maximum absolute atomic E-state index is 16.6. The molecule has 0 radical (unpaired) electrons. The molecular formula is C124H74F2N6O4. The van der Waals surface area contributed by atoms with Gasteiger partial charge in [0.05, 0.1) is 66.9 Å². The van der Waals surface area contributed by atoms with Gasteiger partial charge in [0.2, 0.25) is 0 Å². The molecular weight excluding hydrogens is 1680 g/mol. The number of nitriles is 2. The largest absolute Gasteiger partial charge is 0.455 e. The van der Waals surface area contributed by atoms with Gasteiger partial charge in [0, 0.05) is 88.7 Å². The van der Waals surface area contributed by atoms with Crippen LogP contribution in [0.15, 0.2) is 467 Å². The molecule has 0 saturated heterocycles. The van der Waals surface area contributed by atoms with Crippen molar-refractivity contribution in [3.63, 3.8) is 0 Å². The van der Waals surface area contributed by atoms with Crippen LogP contribution >= 0.6 is 0 Å². The van der Waals surface area contributed by atoms with Gasteiger partial charge >= 0.3 is 0 Å². The molecule has 26 rings (SSSR count). The topological polar surface area (TPSA) is 113 Å². The van der Waals surface area contributed by atoms with Crippen LogP contribution in [0.5, 0.6) is 0 Å². The number of furan rings is 4. The summed E-state index contributed by atoms with van der Waals surface area (Å²) >= 11 is 0. The number of rotatable bonds is 17. The highest BCUT2D eigenvalue weighted by atomic mass is 19.1. The SMILES string of the molecule is N#Cc1ccccc1N(c1ccccc1)c1cc2c(c3c1oc1ccccc13)-c1c(cc(N(c3ccccc3)c3ccccc3C#N)c3c1oc1ccccc13)C2(c1ccccc1)c1ccc(-c2ccc3c(c2)oc2c(N(c4ccccc4)c4cccc(F)c4)cc4c(c23)-c2c(cc(N(c3ccccc3)c3cccc(F)c3)c3c2oc2ccccc23)C4(c2ccccc2)c2ccccc2)cc1. The van der Waals surface area contributed by atoms with Crippen LogP contribution < -0.4 is 19.6 Å². The van der Waals surface area contributed by atoms with Crippen molar-refractivity contribution >= 4 is 156 Å². The number of anilines is 12. The second-order valence-electron chi connectivity index (χ2n) is 34.8. The van der Waals surface area contributed by atoms with Crippen LogP contribution in [0.2, 0.25) is 0 Å². The van der Waals surface area contributed by atoms with Crippen LogP contribution in [0.4, 0.5) is 77.0 Å². The fraction of sp³-hybridized carbons (Fsp3) is 0.0161. The second-order valence-corrected chi connectivity index (χ2v) is 34.8. The van der Waals surface area contributed by atoms with Crippen LogP contribution in [0.3, 0.4) is 0 Å². The normalized spacial score (nSPS) is 13.4. The Hall–Kier alpha value is -18.4. The summed E-state index contributed by atoms with van der Waals surface area (Å²) in [6, 6.07) is 156. The first-order valence-corrected chi connectivity index (χ1v) is 45.4. The second kappa shape index (κ2) is 31.2. The minimum absolute atomic E-state index is 0.384. The molecule has 10 nitrogen and oxygen atoms in total. The molecule has 0 saturated carbocycles. The molecule has 136 heavy (non-hydrogen) atoms. The van der Waals surface area contributed by atoms with E-state index in [9.17, 15) is 10.5 Å². The highest BCUT2D eigenvalue weighted by Gasteiger charge is 2.53. The summed E-state index contributed by atoms with van der Waals surface area (Å²) in [5, 5.41) is 29.4. The average molecular weight is 1750 g/mol. The molecule has 20 aromatic carbocycles. The summed E-state index contributed by atoms with van der Waals surface area (Å²) in [5.74, 6) is -0.795. The van der Waals surface area contributed by atoms with Gasteiger partial charge in [-0.1, -0.05) is 285 Å². The Morgan fingerprint density at radius 3 is 0.941 bits per heavy atom. The lowest BCUT2D eigenvalue weighted by Gasteiger charge is -2.36. The van der Waals surface area contributed by atoms with Crippen LogP contribution in [0.25, 0.3) is 121 Å². The number of hydrogen-bond acceptors (Lipinski definition) is 10. The lowest BCUT2D eigenvalue weighted by atomic mass is 9.67. The Morgan fingerprint density at radius 1 is 0.213 bits per heavy atom. The summed E-state index contributed by atoms with van der Waals surface area (Å²) in [4.78, 5) is 8.65. The third-order valence-corrected chi connectivity index (χ3v) is 27.7. The molecule has 2 aliphatic carbocycles. The third-order valence-electron chi connectivity index (χ3n) is 27.7. The molecule has 4 aromatic heterocycles. The quantitative estimate of drug-likeness (QED) is 0.0873. The van der Waals surface area contributed by atoms with Crippen LogP contribution in [-0.2, 0) is 10.8 Å². The average Bonchev–Trinajstić information content (AvgIpc) is 1.50. The van der Waals surface area contributed by atoms with Gasteiger partial charge < -0.3 is 37.3 Å². The maximum atomic E-state index is 16.6. The molecule has 0 fully saturated rings. The van der Waals surface area contributed by atoms with E-state index in [-0.39, 0.29) is 5.82 Å². The smallest absolute Gasteiger partial charge is 0.160 e. The number of benzene rings is 20. The minimum Gasteiger partial charge on any atom is -0.455 e. The number of para-hydroxylation sites is 9. The molecule has 2 aliphatic rings. The van der Waals surface area contributed by atoms with Crippen molar-refractivity contribution in [1.82, 2.24) is 0 Å². The molecule has 24 aromatic rings. The van der Waals surface area contributed by atoms with E-state index in [0.717, 1.165) is 155 Å². The zero-order valence-corrected chi connectivity index (χ0v) is 72.8. The van der Waals surface area contributed by atoms with Crippen molar-refractivity contribution in [3.05, 3.63) is 516 Å². The van der Waals surface area contributed by atoms with E-state index in [1.807, 2.05) is 188 Å². The lowest BCUT2D eigenvalue weighted by Crippen LogP contribution is -2.29. The van der Waals surface area contributed by atoms with Crippen molar-refractivity contribution in [2.45, 2.75) is 10.8 Å². The fourth-order valence-corrected chi connectivity index (χ4v) is 22.2. The third kappa shape index (κ3) is 11.8. The van der Waals surface area contributed by atoms with E-state index in [1.54, 1.807) is 24.3 Å². The van der Waals surface area contributed by atoms with Gasteiger partial charge in [-0.25, -0.2) is 8.78 Å². The predicted octanol–water partition coefficient (Wildman–Crippen LogP) is 33.6. The van der Waals surface area contributed by atoms with E-state index in [0.29, 0.717) is 89.9 Å². The van der Waals surface area contributed by atoms with Crippen LogP contribution in [0, 0.1) is 34.3 Å². The van der Waals surface area contributed by atoms with Crippen molar-refractivity contribution < 1.29 is 26.4 Å². The Balaban J connectivity index is 0.768. The Bertz CT molecular complexity index is 9020. The monoisotopic (exact) mass is 1750 g/mol. The van der Waals surface area contributed by atoms with Gasteiger partial charge in [0.15, 0.2) is 11.2 Å². The van der Waals surface area contributed by atoms with E-state index in [2.05, 4.69) is 256 Å². The Kier molecular flexibility index (Phi) is 18.0. The fourth-order valence-electron chi connectivity index (χ4n) is 22.2. The standard InChI is InChI=1S/C124H74F2N6O4/c125-85-42-32-52-91(69-85)129(87-44-14-4-15-45-87)103-71-99-117(121-111(103)93-54-24-29-59-107(93)134-121)116-97(123(99,81-36-8-1-9-37-81)82-38-10-2-11-39-82)73-105(130(88-46-16-5-17-47-88)92-53-33-43-86(126)70-92)119-114(116)96-67-64-78(68-110(96)136-119)77-62-65-84(66-63-77)124(83-40-12-3-13-41-83)98-74-106(132(90-50-20-7-21-51-90)102-58-28-23-35-80(102)76-128)120-113(95-56-26-31-61-109(95)133-120)115(98)118-100(124)72-104(112-94-55-25-30-60-108(94)135-122(112)118)131(89-48-18-6-19-49-89)101-57-27-22-34-79(101)75-127/h1-74H. The number of hydrogen-bond donors (Lipinski definition) is 0. The summed E-state index contributed by atoms with van der Waals surface area (Å²) in [5.41, 5.74) is 24.9. The first-order valence-electron chi connectivity index (χ1n) is 45.4. The van der Waals surface area contributed by atoms with Gasteiger partial charge in [-0.15, -0.1) is 0 Å². The van der Waals surface area contributed by atoms with Gasteiger partial charge in [-0.3, -0.25) is 0 Å². The Morgan fingerprint density at radius 2 is 0.515 bits per heavy atom. The van der Waals surface area contributed by atoms with Crippen molar-refractivity contribution in [1.29, 1.82) is 10.5 Å². The minimum atomic E-state index is -1.26. The van der Waals surface area contributed by atoms with Crippen LogP contribution in [0.1, 0.15) is 55.6 Å². The molecule has 1 unspecified atom stereocenters. The molecule has 0 amide bonds. The highest BCUT2D eigenvalue weighted by Crippen LogP contribution is 2.68. The van der Waals surface area contributed by atoms with Crippen molar-refractivity contribution in [2.24, 2.45) is 0 Å². The van der Waals surface area contributed by atoms with Gasteiger partial charge in [0.1, 0.15) is 57.3 Å². The summed E-state index contributed by atoms with van der Waals surface area (Å²) < 4.78 is 63.6. The van der Waals surface area contributed by atoms with E-state index >= 15 is 8.78 Å². The number of nitrogens with zero attached hydrogens (tertiary/aromatic N) is 6. The molecule has 0 N–H and O–H groups in total.